The van der Waals surface area contributed by atoms with Gasteiger partial charge in [0, 0.05) is 11.1 Å². The zero-order valence-electron chi connectivity index (χ0n) is 12.3. The second-order valence-corrected chi connectivity index (χ2v) is 6.03. The number of benzene rings is 1. The van der Waals surface area contributed by atoms with E-state index in [4.69, 9.17) is 4.74 Å². The van der Waals surface area contributed by atoms with Gasteiger partial charge in [0.05, 0.1) is 6.10 Å². The highest BCUT2D eigenvalue weighted by Gasteiger charge is 2.11. The van der Waals surface area contributed by atoms with Gasteiger partial charge in [-0.15, -0.1) is 0 Å². The molecule has 1 unspecified atom stereocenters. The van der Waals surface area contributed by atoms with Gasteiger partial charge in [-0.1, -0.05) is 41.1 Å². The van der Waals surface area contributed by atoms with Gasteiger partial charge in [-0.25, -0.2) is 0 Å². The molecule has 3 heteroatoms. The lowest BCUT2D eigenvalue weighted by molar-refractivity contribution is 0.0683. The second kappa shape index (κ2) is 9.51. The van der Waals surface area contributed by atoms with Crippen LogP contribution < -0.4 is 5.32 Å². The predicted octanol–water partition coefficient (Wildman–Crippen LogP) is 4.03. The van der Waals surface area contributed by atoms with Gasteiger partial charge in [-0.05, 0) is 57.3 Å². The molecule has 0 saturated carbocycles. The van der Waals surface area contributed by atoms with Gasteiger partial charge >= 0.3 is 0 Å². The Morgan fingerprint density at radius 1 is 1.26 bits per heavy atom. The van der Waals surface area contributed by atoms with Crippen molar-refractivity contribution in [2.75, 3.05) is 19.7 Å². The maximum absolute atomic E-state index is 5.68. The van der Waals surface area contributed by atoms with Gasteiger partial charge in [-0.2, -0.15) is 0 Å². The number of halogens is 1. The molecule has 1 aromatic rings. The first kappa shape index (κ1) is 16.7. The Hall–Kier alpha value is -0.380. The lowest BCUT2D eigenvalue weighted by Gasteiger charge is -2.19. The summed E-state index contributed by atoms with van der Waals surface area (Å²) in [5, 5.41) is 3.46. The summed E-state index contributed by atoms with van der Waals surface area (Å²) in [5.74, 6) is 0.623. The normalized spacial score (nSPS) is 12.9. The zero-order valence-corrected chi connectivity index (χ0v) is 13.9. The van der Waals surface area contributed by atoms with Crippen molar-refractivity contribution in [2.45, 2.75) is 39.7 Å². The molecule has 1 N–H and O–H groups in total. The average molecular weight is 328 g/mol. The summed E-state index contributed by atoms with van der Waals surface area (Å²) < 4.78 is 6.89. The Kier molecular flexibility index (Phi) is 8.35. The Labute approximate surface area is 126 Å². The van der Waals surface area contributed by atoms with Crippen LogP contribution in [0.1, 0.15) is 32.8 Å². The van der Waals surface area contributed by atoms with Crippen LogP contribution in [0.3, 0.4) is 0 Å². The Morgan fingerprint density at radius 3 is 2.63 bits per heavy atom. The smallest absolute Gasteiger partial charge is 0.0518 e. The van der Waals surface area contributed by atoms with E-state index < -0.39 is 0 Å². The van der Waals surface area contributed by atoms with Gasteiger partial charge in [0.25, 0.3) is 0 Å². The topological polar surface area (TPSA) is 21.3 Å². The fourth-order valence-corrected chi connectivity index (χ4v) is 2.52. The summed E-state index contributed by atoms with van der Waals surface area (Å²) in [5.41, 5.74) is 1.38. The van der Waals surface area contributed by atoms with E-state index in [0.717, 1.165) is 32.5 Å². The van der Waals surface area contributed by atoms with Crippen molar-refractivity contribution in [1.82, 2.24) is 5.32 Å². The summed E-state index contributed by atoms with van der Waals surface area (Å²) in [6.07, 6.45) is 2.52. The summed E-state index contributed by atoms with van der Waals surface area (Å²) in [6, 6.07) is 8.49. The molecule has 0 spiro atoms. The molecule has 1 aromatic carbocycles. The van der Waals surface area contributed by atoms with Gasteiger partial charge in [-0.3, -0.25) is 0 Å². The fourth-order valence-electron chi connectivity index (χ4n) is 2.07. The lowest BCUT2D eigenvalue weighted by Crippen LogP contribution is -2.25. The lowest BCUT2D eigenvalue weighted by atomic mass is 9.96. The van der Waals surface area contributed by atoms with E-state index in [1.165, 1.54) is 10.0 Å². The van der Waals surface area contributed by atoms with Crippen molar-refractivity contribution >= 4 is 15.9 Å². The van der Waals surface area contributed by atoms with E-state index in [9.17, 15) is 0 Å². The van der Waals surface area contributed by atoms with Crippen molar-refractivity contribution in [3.05, 3.63) is 34.3 Å². The minimum Gasteiger partial charge on any atom is -0.379 e. The molecule has 0 saturated heterocycles. The van der Waals surface area contributed by atoms with Crippen LogP contribution in [0.2, 0.25) is 0 Å². The Balaban J connectivity index is 2.51. The summed E-state index contributed by atoms with van der Waals surface area (Å²) >= 11 is 3.63. The Bertz CT molecular complexity index is 354. The number of hydrogen-bond donors (Lipinski definition) is 1. The molecule has 2 nitrogen and oxygen atoms in total. The van der Waals surface area contributed by atoms with Crippen LogP contribution in [0.5, 0.6) is 0 Å². The summed E-state index contributed by atoms with van der Waals surface area (Å²) in [7, 11) is 0. The SMILES string of the molecule is CCNCC(CCOC(C)C)Cc1ccccc1Br. The van der Waals surface area contributed by atoms with Gasteiger partial charge in [0.1, 0.15) is 0 Å². The van der Waals surface area contributed by atoms with Gasteiger partial charge in [0.2, 0.25) is 0 Å². The number of nitrogens with one attached hydrogen (secondary N) is 1. The minimum atomic E-state index is 0.322. The molecule has 1 atom stereocenters. The van der Waals surface area contributed by atoms with Crippen molar-refractivity contribution < 1.29 is 4.74 Å². The fraction of sp³-hybridized carbons (Fsp3) is 0.625. The second-order valence-electron chi connectivity index (χ2n) is 5.18. The quantitative estimate of drug-likeness (QED) is 0.739. The maximum Gasteiger partial charge on any atom is 0.0518 e. The van der Waals surface area contributed by atoms with E-state index in [-0.39, 0.29) is 0 Å². The van der Waals surface area contributed by atoms with Crippen LogP contribution in [-0.4, -0.2) is 25.8 Å². The summed E-state index contributed by atoms with van der Waals surface area (Å²) in [6.45, 7) is 9.26. The molecule has 0 heterocycles. The molecule has 0 aliphatic heterocycles. The van der Waals surface area contributed by atoms with Crippen LogP contribution in [0.15, 0.2) is 28.7 Å². The number of hydrogen-bond acceptors (Lipinski definition) is 2. The number of ether oxygens (including phenoxy) is 1. The molecule has 0 aliphatic carbocycles. The average Bonchev–Trinajstić information content (AvgIpc) is 2.37. The van der Waals surface area contributed by atoms with E-state index >= 15 is 0 Å². The van der Waals surface area contributed by atoms with Crippen LogP contribution in [0.25, 0.3) is 0 Å². The zero-order chi connectivity index (χ0) is 14.1. The largest absolute Gasteiger partial charge is 0.379 e. The van der Waals surface area contributed by atoms with Gasteiger partial charge < -0.3 is 10.1 Å². The highest BCUT2D eigenvalue weighted by molar-refractivity contribution is 9.10. The molecule has 1 rings (SSSR count). The van der Waals surface area contributed by atoms with E-state index in [2.05, 4.69) is 66.3 Å². The van der Waals surface area contributed by atoms with Crippen molar-refractivity contribution in [3.8, 4) is 0 Å². The minimum absolute atomic E-state index is 0.322. The molecular formula is C16H26BrNO. The molecule has 0 radical (unpaired) electrons. The van der Waals surface area contributed by atoms with Crippen molar-refractivity contribution in [2.24, 2.45) is 5.92 Å². The van der Waals surface area contributed by atoms with Gasteiger partial charge in [0.15, 0.2) is 0 Å². The molecule has 19 heavy (non-hydrogen) atoms. The summed E-state index contributed by atoms with van der Waals surface area (Å²) in [4.78, 5) is 0. The van der Waals surface area contributed by atoms with Crippen molar-refractivity contribution in [3.63, 3.8) is 0 Å². The molecule has 108 valence electrons. The first-order chi connectivity index (χ1) is 9.13. The predicted molar refractivity (Wildman–Crippen MR) is 85.6 cm³/mol. The molecule has 0 fully saturated rings. The highest BCUT2D eigenvalue weighted by atomic mass is 79.9. The third-order valence-electron chi connectivity index (χ3n) is 3.13. The third kappa shape index (κ3) is 7.09. The molecule has 0 aliphatic rings. The third-order valence-corrected chi connectivity index (χ3v) is 3.90. The number of rotatable bonds is 9. The molecule has 0 bridgehead atoms. The first-order valence-electron chi connectivity index (χ1n) is 7.19. The van der Waals surface area contributed by atoms with Crippen LogP contribution in [0.4, 0.5) is 0 Å². The van der Waals surface area contributed by atoms with E-state index in [1.54, 1.807) is 0 Å². The standard InChI is InChI=1S/C16H26BrNO/c1-4-18-12-14(9-10-19-13(2)3)11-15-7-5-6-8-16(15)17/h5-8,13-14,18H,4,9-12H2,1-3H3. The van der Waals surface area contributed by atoms with Crippen LogP contribution in [0, 0.1) is 5.92 Å². The van der Waals surface area contributed by atoms with Crippen LogP contribution >= 0.6 is 15.9 Å². The molecule has 0 aromatic heterocycles. The monoisotopic (exact) mass is 327 g/mol. The van der Waals surface area contributed by atoms with E-state index in [1.807, 2.05) is 0 Å². The van der Waals surface area contributed by atoms with Crippen LogP contribution in [-0.2, 0) is 11.2 Å². The maximum atomic E-state index is 5.68. The highest BCUT2D eigenvalue weighted by Crippen LogP contribution is 2.21. The molecule has 0 amide bonds. The Morgan fingerprint density at radius 2 is 2.00 bits per heavy atom. The van der Waals surface area contributed by atoms with Crippen molar-refractivity contribution in [1.29, 1.82) is 0 Å². The van der Waals surface area contributed by atoms with E-state index in [0.29, 0.717) is 12.0 Å². The first-order valence-corrected chi connectivity index (χ1v) is 7.98. The molecular weight excluding hydrogens is 302 g/mol.